The van der Waals surface area contributed by atoms with E-state index in [0.717, 1.165) is 39.0 Å². The quantitative estimate of drug-likeness (QED) is 0.742. The second-order valence-corrected chi connectivity index (χ2v) is 5.71. The first-order chi connectivity index (χ1) is 9.67. The number of H-pyrrole nitrogens is 1. The topological polar surface area (TPSA) is 54.5 Å². The third-order valence-corrected chi connectivity index (χ3v) is 4.31. The molecule has 2 aromatic heterocycles. The molecule has 6 heteroatoms. The van der Waals surface area contributed by atoms with Crippen LogP contribution < -0.4 is 0 Å². The molecule has 3 rings (SSSR count). The van der Waals surface area contributed by atoms with Crippen molar-refractivity contribution in [2.24, 2.45) is 0 Å². The van der Waals surface area contributed by atoms with E-state index < -0.39 is 0 Å². The molecular formula is C14H13ClN4S. The molecule has 2 heterocycles. The first-order valence-electron chi connectivity index (χ1n) is 6.33. The Bertz CT molecular complexity index is 736. The summed E-state index contributed by atoms with van der Waals surface area (Å²) in [4.78, 5) is 16.6. The largest absolute Gasteiger partial charge is 0.333 e. The molecule has 4 nitrogen and oxygen atoms in total. The number of hydrogen-bond donors (Lipinski definition) is 1. The van der Waals surface area contributed by atoms with E-state index in [1.54, 1.807) is 0 Å². The molecule has 0 atom stereocenters. The van der Waals surface area contributed by atoms with Gasteiger partial charge in [0.2, 0.25) is 0 Å². The molecule has 1 aromatic carbocycles. The summed E-state index contributed by atoms with van der Waals surface area (Å²) in [5, 5.41) is 2.17. The van der Waals surface area contributed by atoms with Crippen LogP contribution in [0.2, 0.25) is 5.15 Å². The van der Waals surface area contributed by atoms with Gasteiger partial charge in [0.15, 0.2) is 5.16 Å². The number of nitrogens with zero attached hydrogens (tertiary/aromatic N) is 3. The first kappa shape index (κ1) is 13.4. The van der Waals surface area contributed by atoms with E-state index in [4.69, 9.17) is 11.6 Å². The monoisotopic (exact) mass is 304 g/mol. The zero-order chi connectivity index (χ0) is 14.1. The van der Waals surface area contributed by atoms with Crippen molar-refractivity contribution in [3.05, 3.63) is 40.8 Å². The number of aromatic nitrogens is 4. The fourth-order valence-corrected chi connectivity index (χ4v) is 2.97. The lowest BCUT2D eigenvalue weighted by Gasteiger charge is -2.06. The number of benzene rings is 1. The summed E-state index contributed by atoms with van der Waals surface area (Å²) in [6.45, 7) is 3.93. The Labute approximate surface area is 126 Å². The molecule has 0 saturated carbocycles. The molecule has 0 aliphatic heterocycles. The van der Waals surface area contributed by atoms with Crippen LogP contribution in [-0.4, -0.2) is 19.9 Å². The molecule has 0 fully saturated rings. The van der Waals surface area contributed by atoms with Crippen LogP contribution in [0.25, 0.3) is 11.0 Å². The first-order valence-corrected chi connectivity index (χ1v) is 7.52. The lowest BCUT2D eigenvalue weighted by Crippen LogP contribution is -1.98. The third-order valence-electron chi connectivity index (χ3n) is 2.97. The Morgan fingerprint density at radius 1 is 1.20 bits per heavy atom. The number of para-hydroxylation sites is 2. The molecule has 0 aliphatic rings. The Hall–Kier alpha value is -1.59. The number of imidazole rings is 1. The van der Waals surface area contributed by atoms with Gasteiger partial charge in [-0.05, 0) is 30.8 Å². The van der Waals surface area contributed by atoms with E-state index in [9.17, 15) is 0 Å². The molecule has 0 aliphatic carbocycles. The number of halogens is 1. The standard InChI is InChI=1S/C14H13ClN4S/c1-3-11-18-12(15)8(2)13(19-11)20-14-16-9-6-4-5-7-10(9)17-14/h4-7H,3H2,1-2H3,(H,16,17). The minimum absolute atomic E-state index is 0.510. The van der Waals surface area contributed by atoms with E-state index in [1.165, 1.54) is 11.8 Å². The number of rotatable bonds is 3. The minimum atomic E-state index is 0.510. The molecule has 0 saturated heterocycles. The van der Waals surface area contributed by atoms with Crippen molar-refractivity contribution in [1.82, 2.24) is 19.9 Å². The second kappa shape index (κ2) is 5.42. The summed E-state index contributed by atoms with van der Waals surface area (Å²) in [5.41, 5.74) is 2.85. The Kier molecular flexibility index (Phi) is 3.63. The molecule has 0 unspecified atom stereocenters. The van der Waals surface area contributed by atoms with Gasteiger partial charge in [-0.15, -0.1) is 0 Å². The molecule has 102 valence electrons. The van der Waals surface area contributed by atoms with Crippen molar-refractivity contribution >= 4 is 34.4 Å². The van der Waals surface area contributed by atoms with E-state index in [0.29, 0.717) is 5.15 Å². The summed E-state index contributed by atoms with van der Waals surface area (Å²) in [6.07, 6.45) is 0.758. The highest BCUT2D eigenvalue weighted by atomic mass is 35.5. The van der Waals surface area contributed by atoms with Crippen molar-refractivity contribution in [3.63, 3.8) is 0 Å². The van der Waals surface area contributed by atoms with Crippen molar-refractivity contribution in [2.45, 2.75) is 30.5 Å². The van der Waals surface area contributed by atoms with Crippen molar-refractivity contribution in [1.29, 1.82) is 0 Å². The molecule has 0 radical (unpaired) electrons. The van der Waals surface area contributed by atoms with E-state index in [1.807, 2.05) is 38.1 Å². The van der Waals surface area contributed by atoms with Gasteiger partial charge in [0.1, 0.15) is 16.0 Å². The Morgan fingerprint density at radius 2 is 2.00 bits per heavy atom. The van der Waals surface area contributed by atoms with Crippen molar-refractivity contribution < 1.29 is 0 Å². The van der Waals surface area contributed by atoms with Gasteiger partial charge in [0.05, 0.1) is 11.0 Å². The summed E-state index contributed by atoms with van der Waals surface area (Å²) in [6, 6.07) is 7.94. The van der Waals surface area contributed by atoms with Gasteiger partial charge in [-0.2, -0.15) is 0 Å². The van der Waals surface area contributed by atoms with Crippen molar-refractivity contribution in [2.75, 3.05) is 0 Å². The minimum Gasteiger partial charge on any atom is -0.333 e. The molecule has 0 spiro atoms. The van der Waals surface area contributed by atoms with Gasteiger partial charge < -0.3 is 4.98 Å². The maximum atomic E-state index is 6.15. The van der Waals surface area contributed by atoms with Crippen LogP contribution in [0.3, 0.4) is 0 Å². The highest BCUT2D eigenvalue weighted by Crippen LogP contribution is 2.30. The lowest BCUT2D eigenvalue weighted by atomic mass is 10.3. The van der Waals surface area contributed by atoms with Gasteiger partial charge in [0.25, 0.3) is 0 Å². The zero-order valence-corrected chi connectivity index (χ0v) is 12.7. The number of nitrogens with one attached hydrogen (secondary N) is 1. The number of hydrogen-bond acceptors (Lipinski definition) is 4. The maximum absolute atomic E-state index is 6.15. The van der Waals surface area contributed by atoms with E-state index >= 15 is 0 Å². The van der Waals surface area contributed by atoms with Crippen LogP contribution in [0.1, 0.15) is 18.3 Å². The maximum Gasteiger partial charge on any atom is 0.172 e. The molecule has 1 N–H and O–H groups in total. The predicted molar refractivity (Wildman–Crippen MR) is 81.4 cm³/mol. The predicted octanol–water partition coefficient (Wildman–Crippen LogP) is 4.03. The van der Waals surface area contributed by atoms with Crippen LogP contribution in [0.4, 0.5) is 0 Å². The molecular weight excluding hydrogens is 292 g/mol. The average molecular weight is 305 g/mol. The number of aryl methyl sites for hydroxylation is 1. The molecule has 3 aromatic rings. The van der Waals surface area contributed by atoms with Gasteiger partial charge in [0, 0.05) is 12.0 Å². The van der Waals surface area contributed by atoms with Crippen LogP contribution in [0, 0.1) is 6.92 Å². The Morgan fingerprint density at radius 3 is 2.75 bits per heavy atom. The highest BCUT2D eigenvalue weighted by Gasteiger charge is 2.12. The molecule has 20 heavy (non-hydrogen) atoms. The number of aromatic amines is 1. The third kappa shape index (κ3) is 2.51. The average Bonchev–Trinajstić information content (AvgIpc) is 2.85. The van der Waals surface area contributed by atoms with Gasteiger partial charge in [-0.1, -0.05) is 30.7 Å². The van der Waals surface area contributed by atoms with Gasteiger partial charge in [-0.25, -0.2) is 15.0 Å². The lowest BCUT2D eigenvalue weighted by molar-refractivity contribution is 0.869. The van der Waals surface area contributed by atoms with Crippen LogP contribution >= 0.6 is 23.4 Å². The molecule has 0 amide bonds. The van der Waals surface area contributed by atoms with Gasteiger partial charge >= 0.3 is 0 Å². The second-order valence-electron chi connectivity index (χ2n) is 4.38. The zero-order valence-electron chi connectivity index (χ0n) is 11.1. The fourth-order valence-electron chi connectivity index (χ4n) is 1.84. The summed E-state index contributed by atoms with van der Waals surface area (Å²) in [5.74, 6) is 0.749. The van der Waals surface area contributed by atoms with E-state index in [2.05, 4.69) is 19.9 Å². The summed E-state index contributed by atoms with van der Waals surface area (Å²) >= 11 is 7.63. The fraction of sp³-hybridized carbons (Fsp3) is 0.214. The molecule has 0 bridgehead atoms. The SMILES string of the molecule is CCc1nc(Cl)c(C)c(Sc2nc3ccccc3[nH]2)n1. The summed E-state index contributed by atoms with van der Waals surface area (Å²) < 4.78 is 0. The van der Waals surface area contributed by atoms with Crippen LogP contribution in [-0.2, 0) is 6.42 Å². The smallest absolute Gasteiger partial charge is 0.172 e. The van der Waals surface area contributed by atoms with Gasteiger partial charge in [-0.3, -0.25) is 0 Å². The van der Waals surface area contributed by atoms with Crippen molar-refractivity contribution in [3.8, 4) is 0 Å². The number of fused-ring (bicyclic) bond motifs is 1. The van der Waals surface area contributed by atoms with Crippen LogP contribution in [0.15, 0.2) is 34.4 Å². The van der Waals surface area contributed by atoms with E-state index in [-0.39, 0.29) is 0 Å². The summed E-state index contributed by atoms with van der Waals surface area (Å²) in [7, 11) is 0. The highest BCUT2D eigenvalue weighted by molar-refractivity contribution is 7.99. The Balaban J connectivity index is 1.99. The van der Waals surface area contributed by atoms with Crippen LogP contribution in [0.5, 0.6) is 0 Å². The normalized spacial score (nSPS) is 11.2.